The zero-order valence-corrected chi connectivity index (χ0v) is 41.9. The van der Waals surface area contributed by atoms with Gasteiger partial charge in [-0.1, -0.05) is 53.7 Å². The molecule has 5 amide bonds. The highest BCUT2D eigenvalue weighted by molar-refractivity contribution is 7.86. The molecule has 1 aliphatic carbocycles. The zero-order chi connectivity index (χ0) is 49.1. The molecule has 18 nitrogen and oxygen atoms in total. The van der Waals surface area contributed by atoms with Crippen molar-refractivity contribution in [1.29, 1.82) is 0 Å². The van der Waals surface area contributed by atoms with Crippen molar-refractivity contribution in [2.24, 2.45) is 16.7 Å². The second-order valence-corrected chi connectivity index (χ2v) is 22.7. The fourth-order valence-electron chi connectivity index (χ4n) is 7.76. The van der Waals surface area contributed by atoms with Gasteiger partial charge in [0.1, 0.15) is 40.9 Å². The molecule has 1 aliphatic heterocycles. The Morgan fingerprint density at radius 3 is 2.29 bits per heavy atom. The monoisotopic (exact) mass is 952 g/mol. The minimum atomic E-state index is -3.81. The Hall–Kier alpha value is -5.31. The van der Waals surface area contributed by atoms with Crippen molar-refractivity contribution in [3.63, 3.8) is 0 Å². The number of aromatic nitrogens is 2. The Morgan fingerprint density at radius 2 is 1.71 bits per heavy atom. The summed E-state index contributed by atoms with van der Waals surface area (Å²) in [4.78, 5) is 68.4. The fourth-order valence-corrected chi connectivity index (χ4v) is 9.51. The molecule has 66 heavy (non-hydrogen) atoms. The normalized spacial score (nSPS) is 20.7. The van der Waals surface area contributed by atoms with Crippen LogP contribution in [0.5, 0.6) is 11.5 Å². The Bertz CT molecular complexity index is 2410. The standard InChI is InChI=1S/C46H68N10O8S2/c1-15-19-47-41(59)46(23-28(46)16-2)53-39(57)35-21-30(64-36-22-33(34-26-65-43(50-34)48-27(3)4)49-32-20-29(63-14)17-18-31(32)36)24-56(35)40(58)38(45(8,9)10)52-42(60)51-37(44(5,6)7)25-55(13)66(61,62)54(11)12/h15-18,20,22,26-28,30,35,37-38H,1-2,19,21,23-25H2,3-14H3,(H,47,59)(H,48,50)(H,53,57)(H2,51,52,60)/t28?,30-,35+,37-,38-,46-/m1/s1. The van der Waals surface area contributed by atoms with Crippen molar-refractivity contribution in [1.82, 2.24) is 44.7 Å². The molecule has 362 valence electrons. The molecule has 2 aliphatic rings. The van der Waals surface area contributed by atoms with Gasteiger partial charge in [-0.05, 0) is 43.2 Å². The molecule has 2 fully saturated rings. The maximum atomic E-state index is 15.1. The van der Waals surface area contributed by atoms with E-state index in [2.05, 4.69) is 39.7 Å². The first-order chi connectivity index (χ1) is 30.7. The van der Waals surface area contributed by atoms with Crippen LogP contribution in [0.2, 0.25) is 0 Å². The molecular weight excluding hydrogens is 885 g/mol. The SMILES string of the molecule is C=CCNC(=O)[C@@]1(NC(=O)[C@@H]2C[C@@H](Oc3cc(-c4csc(NC(C)C)n4)nc4cc(OC)ccc34)CN2C(=O)[C@@H](NC(=O)N[C@H](CN(C)S(=O)(=O)N(C)C)C(C)(C)C)C(C)(C)C)CC1C=C. The summed E-state index contributed by atoms with van der Waals surface area (Å²) in [5.74, 6) is -0.841. The van der Waals surface area contributed by atoms with Gasteiger partial charge in [-0.2, -0.15) is 17.0 Å². The summed E-state index contributed by atoms with van der Waals surface area (Å²) >= 11 is 1.45. The number of benzene rings is 1. The molecule has 3 aromatic rings. The molecule has 1 saturated heterocycles. The number of nitrogens with one attached hydrogen (secondary N) is 5. The number of ether oxygens (including phenoxy) is 2. The smallest absolute Gasteiger partial charge is 0.315 e. The summed E-state index contributed by atoms with van der Waals surface area (Å²) in [5, 5.41) is 18.2. The average molecular weight is 953 g/mol. The second kappa shape index (κ2) is 20.3. The maximum Gasteiger partial charge on any atom is 0.315 e. The number of likely N-dealkylation sites (tertiary alicyclic amines) is 1. The Balaban J connectivity index is 1.51. The first kappa shape index (κ1) is 51.7. The molecule has 6 atom stereocenters. The van der Waals surface area contributed by atoms with Crippen LogP contribution in [0.4, 0.5) is 9.93 Å². The van der Waals surface area contributed by atoms with Crippen molar-refractivity contribution < 1.29 is 37.1 Å². The number of methoxy groups -OCH3 is 1. The van der Waals surface area contributed by atoms with Crippen molar-refractivity contribution in [2.75, 3.05) is 53.2 Å². The molecule has 1 aromatic carbocycles. The van der Waals surface area contributed by atoms with Crippen LogP contribution in [0, 0.1) is 16.7 Å². The van der Waals surface area contributed by atoms with E-state index in [0.29, 0.717) is 40.2 Å². The quantitative estimate of drug-likeness (QED) is 0.103. The van der Waals surface area contributed by atoms with Crippen LogP contribution in [0.1, 0.15) is 68.2 Å². The van der Waals surface area contributed by atoms with E-state index in [9.17, 15) is 22.8 Å². The predicted octanol–water partition coefficient (Wildman–Crippen LogP) is 4.77. The van der Waals surface area contributed by atoms with Gasteiger partial charge >= 0.3 is 6.03 Å². The number of anilines is 1. The van der Waals surface area contributed by atoms with Gasteiger partial charge < -0.3 is 41.0 Å². The predicted molar refractivity (Wildman–Crippen MR) is 258 cm³/mol. The van der Waals surface area contributed by atoms with E-state index in [1.165, 1.54) is 37.4 Å². The summed E-state index contributed by atoms with van der Waals surface area (Å²) in [6.07, 6.45) is 2.78. The van der Waals surface area contributed by atoms with E-state index in [1.54, 1.807) is 58.2 Å². The number of fused-ring (bicyclic) bond motifs is 1. The molecule has 20 heteroatoms. The number of urea groups is 1. The first-order valence-corrected chi connectivity index (χ1v) is 24.3. The lowest BCUT2D eigenvalue weighted by molar-refractivity contribution is -0.142. The molecule has 0 spiro atoms. The van der Waals surface area contributed by atoms with Crippen LogP contribution in [0.15, 0.2) is 55.0 Å². The van der Waals surface area contributed by atoms with Crippen LogP contribution in [0.25, 0.3) is 22.3 Å². The Morgan fingerprint density at radius 1 is 1.02 bits per heavy atom. The molecule has 1 saturated carbocycles. The van der Waals surface area contributed by atoms with Crippen LogP contribution in [-0.2, 0) is 24.6 Å². The molecule has 2 aromatic heterocycles. The number of amides is 5. The minimum absolute atomic E-state index is 0.0387. The first-order valence-electron chi connectivity index (χ1n) is 22.0. The van der Waals surface area contributed by atoms with Crippen LogP contribution in [-0.4, -0.2) is 139 Å². The third kappa shape index (κ3) is 11.8. The van der Waals surface area contributed by atoms with Crippen molar-refractivity contribution in [2.45, 2.75) is 104 Å². The lowest BCUT2D eigenvalue weighted by Gasteiger charge is -2.38. The number of carbonyl (C=O) groups is 4. The highest BCUT2D eigenvalue weighted by Gasteiger charge is 2.60. The van der Waals surface area contributed by atoms with Gasteiger partial charge in [0.2, 0.25) is 17.7 Å². The molecular formula is C46H68N10O8S2. The lowest BCUT2D eigenvalue weighted by Crippen LogP contribution is -2.62. The van der Waals surface area contributed by atoms with Crippen LogP contribution < -0.4 is 36.1 Å². The van der Waals surface area contributed by atoms with Crippen molar-refractivity contribution in [3.8, 4) is 22.9 Å². The van der Waals surface area contributed by atoms with Gasteiger partial charge in [-0.3, -0.25) is 14.4 Å². The van der Waals surface area contributed by atoms with E-state index in [4.69, 9.17) is 19.4 Å². The molecule has 5 N–H and O–H groups in total. The van der Waals surface area contributed by atoms with Gasteiger partial charge in [0.15, 0.2) is 5.13 Å². The summed E-state index contributed by atoms with van der Waals surface area (Å²) < 4.78 is 40.5. The molecule has 0 bridgehead atoms. The average Bonchev–Trinajstić information content (AvgIpc) is 3.50. The van der Waals surface area contributed by atoms with Crippen LogP contribution >= 0.6 is 11.3 Å². The lowest BCUT2D eigenvalue weighted by atomic mass is 9.85. The molecule has 1 unspecified atom stereocenters. The Kier molecular flexibility index (Phi) is 15.9. The molecule has 0 radical (unpaired) electrons. The topological polar surface area (TPSA) is 217 Å². The summed E-state index contributed by atoms with van der Waals surface area (Å²) in [6, 6.07) is 3.69. The van der Waals surface area contributed by atoms with E-state index in [1.807, 2.05) is 46.1 Å². The fraction of sp³-hybridized carbons (Fsp3) is 0.565. The Labute approximate surface area is 393 Å². The number of likely N-dealkylation sites (N-methyl/N-ethyl adjacent to an activating group) is 1. The largest absolute Gasteiger partial charge is 0.497 e. The number of rotatable bonds is 19. The second-order valence-electron chi connectivity index (χ2n) is 19.6. The summed E-state index contributed by atoms with van der Waals surface area (Å²) in [7, 11) is 2.05. The van der Waals surface area contributed by atoms with Crippen LogP contribution in [0.3, 0.4) is 0 Å². The summed E-state index contributed by atoms with van der Waals surface area (Å²) in [6.45, 7) is 22.7. The van der Waals surface area contributed by atoms with Gasteiger partial charge in [0.05, 0.1) is 24.9 Å². The van der Waals surface area contributed by atoms with Gasteiger partial charge in [-0.15, -0.1) is 24.5 Å². The highest BCUT2D eigenvalue weighted by atomic mass is 32.2. The third-order valence-electron chi connectivity index (χ3n) is 11.8. The number of hydrogen-bond acceptors (Lipinski definition) is 12. The minimum Gasteiger partial charge on any atom is -0.497 e. The van der Waals surface area contributed by atoms with E-state index in [-0.39, 0.29) is 38.0 Å². The van der Waals surface area contributed by atoms with Gasteiger partial charge in [0, 0.05) is 81.6 Å². The molecule has 3 heterocycles. The maximum absolute atomic E-state index is 15.1. The van der Waals surface area contributed by atoms with E-state index >= 15 is 4.79 Å². The number of hydrogen-bond donors (Lipinski definition) is 5. The zero-order valence-electron chi connectivity index (χ0n) is 40.3. The van der Waals surface area contributed by atoms with Gasteiger partial charge in [0.25, 0.3) is 10.2 Å². The van der Waals surface area contributed by atoms with E-state index < -0.39 is 74.6 Å². The summed E-state index contributed by atoms with van der Waals surface area (Å²) in [5.41, 5.74) is -1.04. The third-order valence-corrected chi connectivity index (χ3v) is 14.4. The van der Waals surface area contributed by atoms with Gasteiger partial charge in [-0.25, -0.2) is 14.8 Å². The van der Waals surface area contributed by atoms with E-state index in [0.717, 1.165) is 13.7 Å². The van der Waals surface area contributed by atoms with Crippen molar-refractivity contribution >= 4 is 61.3 Å². The molecule has 5 rings (SSSR count). The number of carbonyl (C=O) groups excluding carboxylic acids is 4. The number of thiazole rings is 1. The number of nitrogens with zero attached hydrogens (tertiary/aromatic N) is 5. The van der Waals surface area contributed by atoms with Crippen molar-refractivity contribution in [3.05, 3.63) is 55.0 Å². The highest BCUT2D eigenvalue weighted by Crippen LogP contribution is 2.45. The number of pyridine rings is 1.